The van der Waals surface area contributed by atoms with Gasteiger partial charge >= 0.3 is 6.09 Å². The smallest absolute Gasteiger partial charge is 0.412 e. The molecule has 0 spiro atoms. The van der Waals surface area contributed by atoms with Crippen molar-refractivity contribution in [1.29, 1.82) is 5.26 Å². The monoisotopic (exact) mass is 305 g/mol. The molecule has 0 aliphatic carbocycles. The first kappa shape index (κ1) is 17.1. The van der Waals surface area contributed by atoms with Crippen molar-refractivity contribution in [1.82, 2.24) is 4.57 Å². The van der Waals surface area contributed by atoms with Gasteiger partial charge in [0.2, 0.25) is 0 Å². The maximum Gasteiger partial charge on any atom is 0.412 e. The molecule has 0 aliphatic rings. The summed E-state index contributed by atoms with van der Waals surface area (Å²) in [5.74, 6) is 0.337. The van der Waals surface area contributed by atoms with Crippen LogP contribution in [0.25, 0.3) is 10.9 Å². The molecule has 0 bridgehead atoms. The molecule has 0 atom stereocenters. The van der Waals surface area contributed by atoms with E-state index in [0.717, 1.165) is 7.11 Å². The van der Waals surface area contributed by atoms with Crippen LogP contribution >= 0.6 is 0 Å². The van der Waals surface area contributed by atoms with Gasteiger partial charge in [0.1, 0.15) is 17.5 Å². The molecule has 1 aromatic carbocycles. The van der Waals surface area contributed by atoms with Gasteiger partial charge in [0.05, 0.1) is 12.1 Å². The second kappa shape index (κ2) is 7.75. The van der Waals surface area contributed by atoms with E-state index in [1.807, 2.05) is 0 Å². The van der Waals surface area contributed by atoms with Gasteiger partial charge in [-0.25, -0.2) is 4.79 Å². The summed E-state index contributed by atoms with van der Waals surface area (Å²) in [5.41, 5.74) is 1.37. The average molecular weight is 305 g/mol. The number of rotatable bonds is 3. The fraction of sp³-hybridized carbons (Fsp3) is 0.286. The maximum atomic E-state index is 11.5. The third-order valence-corrected chi connectivity index (χ3v) is 2.93. The number of hydrogen-bond donors (Lipinski definition) is 3. The van der Waals surface area contributed by atoms with E-state index in [-0.39, 0.29) is 6.61 Å². The van der Waals surface area contributed by atoms with Crippen molar-refractivity contribution in [2.45, 2.75) is 6.92 Å². The summed E-state index contributed by atoms with van der Waals surface area (Å²) in [7, 11) is 2.69. The van der Waals surface area contributed by atoms with E-state index in [2.05, 4.69) is 11.4 Å². The molecule has 116 valence electrons. The number of nitriles is 1. The van der Waals surface area contributed by atoms with E-state index in [1.165, 1.54) is 0 Å². The Hall–Kier alpha value is -2.92. The van der Waals surface area contributed by atoms with E-state index >= 15 is 0 Å². The minimum absolute atomic E-state index is 0.238. The van der Waals surface area contributed by atoms with Gasteiger partial charge in [0, 0.05) is 41.8 Å². The van der Waals surface area contributed by atoms with Crippen LogP contribution in [-0.2, 0) is 11.8 Å². The largest absolute Gasteiger partial charge is 0.450 e. The Bertz CT molecular complexity index is 730. The van der Waals surface area contributed by atoms with Gasteiger partial charge in [-0.2, -0.15) is 5.26 Å². The fourth-order valence-electron chi connectivity index (χ4n) is 2.02. The number of nitroso groups, excluding NO2 is 1. The number of carbonyl (C=O) groups excluding carboxylic acids is 1. The Morgan fingerprint density at radius 2 is 2.18 bits per heavy atom. The van der Waals surface area contributed by atoms with Crippen LogP contribution in [0.3, 0.4) is 0 Å². The number of aryl methyl sites for hydroxylation is 1. The fourth-order valence-corrected chi connectivity index (χ4v) is 2.02. The molecule has 8 heteroatoms. The number of amides is 1. The molecule has 0 saturated heterocycles. The zero-order valence-electron chi connectivity index (χ0n) is 12.5. The molecule has 8 nitrogen and oxygen atoms in total. The zero-order valence-corrected chi connectivity index (χ0v) is 12.5. The highest BCUT2D eigenvalue weighted by atomic mass is 16.5. The second-order valence-corrected chi connectivity index (χ2v) is 4.07. The van der Waals surface area contributed by atoms with Crippen LogP contribution in [0, 0.1) is 16.2 Å². The average Bonchev–Trinajstić information content (AvgIpc) is 2.81. The predicted molar refractivity (Wildman–Crippen MR) is 80.4 cm³/mol. The highest BCUT2D eigenvalue weighted by Crippen LogP contribution is 2.29. The van der Waals surface area contributed by atoms with Crippen molar-refractivity contribution in [3.05, 3.63) is 28.7 Å². The number of nitrogens with one attached hydrogen (secondary N) is 2. The summed E-state index contributed by atoms with van der Waals surface area (Å²) < 4.78 is 6.44. The first-order chi connectivity index (χ1) is 10.6. The number of ether oxygens (including phenoxy) is 1. The topological polar surface area (TPSA) is 118 Å². The van der Waals surface area contributed by atoms with Crippen LogP contribution < -0.4 is 10.5 Å². The van der Waals surface area contributed by atoms with Crippen molar-refractivity contribution in [3.8, 4) is 6.07 Å². The number of aliphatic hydroxyl groups excluding tert-OH is 1. The van der Waals surface area contributed by atoms with Crippen LogP contribution in [0.15, 0.2) is 18.2 Å². The van der Waals surface area contributed by atoms with Crippen LogP contribution in [0.1, 0.15) is 12.5 Å². The molecule has 1 amide bonds. The van der Waals surface area contributed by atoms with E-state index in [9.17, 15) is 15.0 Å². The van der Waals surface area contributed by atoms with Gasteiger partial charge < -0.3 is 14.4 Å². The zero-order chi connectivity index (χ0) is 16.7. The van der Waals surface area contributed by atoms with Gasteiger partial charge in [-0.15, -0.1) is 0 Å². The lowest BCUT2D eigenvalue weighted by Gasteiger charge is -2.06. The third-order valence-electron chi connectivity index (χ3n) is 2.93. The van der Waals surface area contributed by atoms with Gasteiger partial charge in [-0.1, -0.05) is 0 Å². The van der Waals surface area contributed by atoms with Crippen molar-refractivity contribution in [2.24, 2.45) is 7.05 Å². The number of carbonyl (C=O) groups is 1. The number of anilines is 1. The molecule has 1 heterocycles. The van der Waals surface area contributed by atoms with Gasteiger partial charge in [-0.05, 0) is 13.0 Å². The molecule has 3 N–H and O–H groups in total. The van der Waals surface area contributed by atoms with Crippen LogP contribution in [0.4, 0.5) is 16.3 Å². The third kappa shape index (κ3) is 3.21. The normalized spacial score (nSPS) is 9.41. The van der Waals surface area contributed by atoms with E-state index in [1.54, 1.807) is 41.9 Å². The molecule has 2 aromatic rings. The Morgan fingerprint density at radius 3 is 2.73 bits per heavy atom. The number of nitrogens with zero attached hydrogens (tertiary/aromatic N) is 2. The molecule has 0 aliphatic heterocycles. The van der Waals surface area contributed by atoms with Crippen LogP contribution in [-0.4, -0.2) is 29.5 Å². The minimum atomic E-state index is -0.628. The Balaban J connectivity index is 0.00000116. The quantitative estimate of drug-likeness (QED) is 0.771. The van der Waals surface area contributed by atoms with E-state index in [4.69, 9.17) is 9.84 Å². The molecule has 1 aromatic heterocycles. The highest BCUT2D eigenvalue weighted by Gasteiger charge is 2.18. The first-order valence-corrected chi connectivity index (χ1v) is 6.41. The summed E-state index contributed by atoms with van der Waals surface area (Å²) >= 11 is 0. The standard InChI is InChI=1S/C13H12N4O3.CH4O/c1-3-20-13(18)15-12-10(7-14)9-5-4-8(16-19)6-11(9)17(12)2;1-2/h4-6H,3H2,1-2H3,(H,15,18);2H,1H3/p+1. The number of aliphatic hydroxyl groups is 1. The minimum Gasteiger partial charge on any atom is -0.450 e. The number of fused-ring (bicyclic) bond motifs is 1. The number of benzene rings is 1. The summed E-state index contributed by atoms with van der Waals surface area (Å²) in [6.07, 6.45) is -0.628. The molecule has 22 heavy (non-hydrogen) atoms. The Kier molecular flexibility index (Phi) is 6.04. The summed E-state index contributed by atoms with van der Waals surface area (Å²) in [6.45, 7) is 1.93. The van der Waals surface area contributed by atoms with E-state index in [0.29, 0.717) is 28.0 Å². The summed E-state index contributed by atoms with van der Waals surface area (Å²) in [4.78, 5) is 22.2. The molecule has 0 saturated carbocycles. The van der Waals surface area contributed by atoms with Crippen molar-refractivity contribution < 1.29 is 19.8 Å². The molecule has 0 radical (unpaired) electrons. The second-order valence-electron chi connectivity index (χ2n) is 4.07. The lowest BCUT2D eigenvalue weighted by Crippen LogP contribution is -2.55. The summed E-state index contributed by atoms with van der Waals surface area (Å²) in [5, 5.41) is 21.3. The van der Waals surface area contributed by atoms with Crippen LogP contribution in [0.5, 0.6) is 0 Å². The SMILES string of the molecule is CCOC(=O)Nc1c(C#N)c2ccc([NH+]=O)cc2n1C.CO. The van der Waals surface area contributed by atoms with E-state index < -0.39 is 6.09 Å². The Morgan fingerprint density at radius 1 is 1.50 bits per heavy atom. The van der Waals surface area contributed by atoms with Gasteiger partial charge in [0.15, 0.2) is 0 Å². The van der Waals surface area contributed by atoms with Crippen LogP contribution in [0.2, 0.25) is 0 Å². The highest BCUT2D eigenvalue weighted by molar-refractivity contribution is 5.97. The predicted octanol–water partition coefficient (Wildman–Crippen LogP) is 0.705. The number of aromatic nitrogens is 1. The molecular weight excluding hydrogens is 288 g/mol. The van der Waals surface area contributed by atoms with Crippen molar-refractivity contribution in [3.63, 3.8) is 0 Å². The Labute approximate surface area is 126 Å². The van der Waals surface area contributed by atoms with Crippen molar-refractivity contribution >= 4 is 28.5 Å². The first-order valence-electron chi connectivity index (χ1n) is 6.41. The lowest BCUT2D eigenvalue weighted by atomic mass is 10.1. The molecule has 2 rings (SSSR count). The molecular formula is C14H17N4O4+. The lowest BCUT2D eigenvalue weighted by molar-refractivity contribution is -0.379. The summed E-state index contributed by atoms with van der Waals surface area (Å²) in [6, 6.07) is 6.90. The maximum absolute atomic E-state index is 11.5. The van der Waals surface area contributed by atoms with Gasteiger partial charge in [0.25, 0.3) is 5.69 Å². The van der Waals surface area contributed by atoms with Gasteiger partial charge in [-0.3, -0.25) is 5.32 Å². The van der Waals surface area contributed by atoms with Crippen molar-refractivity contribution in [2.75, 3.05) is 19.0 Å². The number of hydrogen-bond acceptors (Lipinski definition) is 5. The molecule has 0 unspecified atom stereocenters. The molecule has 0 fully saturated rings.